The maximum Gasteiger partial charge on any atom is 0.230 e. The molecule has 1 fully saturated rings. The minimum atomic E-state index is 0.294. The van der Waals surface area contributed by atoms with Crippen molar-refractivity contribution in [2.24, 2.45) is 0 Å². The Morgan fingerprint density at radius 3 is 2.94 bits per heavy atom. The molecule has 5 heteroatoms. The van der Waals surface area contributed by atoms with Gasteiger partial charge in [0.2, 0.25) is 5.89 Å². The van der Waals surface area contributed by atoms with Gasteiger partial charge in [0.05, 0.1) is 5.75 Å². The molecule has 1 saturated carbocycles. The van der Waals surface area contributed by atoms with Crippen LogP contribution in [0.4, 0.5) is 0 Å². The van der Waals surface area contributed by atoms with Crippen molar-refractivity contribution in [2.45, 2.75) is 56.5 Å². The molecule has 0 aromatic carbocycles. The summed E-state index contributed by atoms with van der Waals surface area (Å²) in [5.74, 6) is 2.80. The molecule has 1 aromatic heterocycles. The fourth-order valence-electron chi connectivity index (χ4n) is 2.22. The lowest BCUT2D eigenvalue weighted by Crippen LogP contribution is -2.19. The summed E-state index contributed by atoms with van der Waals surface area (Å²) < 4.78 is 5.32. The van der Waals surface area contributed by atoms with E-state index in [4.69, 9.17) is 4.52 Å². The van der Waals surface area contributed by atoms with Crippen LogP contribution in [0.25, 0.3) is 0 Å². The molecule has 18 heavy (non-hydrogen) atoms. The second-order valence-corrected chi connectivity index (χ2v) is 6.26. The van der Waals surface area contributed by atoms with Gasteiger partial charge in [0.25, 0.3) is 0 Å². The number of rotatable bonds is 7. The monoisotopic (exact) mass is 269 g/mol. The van der Waals surface area contributed by atoms with Gasteiger partial charge in [0, 0.05) is 17.7 Å². The second-order valence-electron chi connectivity index (χ2n) is 4.98. The van der Waals surface area contributed by atoms with Crippen LogP contribution in [0, 0.1) is 0 Å². The quantitative estimate of drug-likeness (QED) is 0.824. The van der Waals surface area contributed by atoms with E-state index in [1.54, 1.807) is 0 Å². The van der Waals surface area contributed by atoms with E-state index in [1.165, 1.54) is 25.7 Å². The first-order valence-corrected chi connectivity index (χ1v) is 7.99. The molecule has 1 aliphatic rings. The van der Waals surface area contributed by atoms with Crippen LogP contribution in [-0.4, -0.2) is 28.5 Å². The smallest absolute Gasteiger partial charge is 0.230 e. The van der Waals surface area contributed by atoms with Crippen LogP contribution in [0.1, 0.15) is 57.2 Å². The Morgan fingerprint density at radius 2 is 2.22 bits per heavy atom. The molecule has 1 atom stereocenters. The highest BCUT2D eigenvalue weighted by atomic mass is 32.2. The number of aromatic nitrogens is 2. The molecule has 4 nitrogen and oxygen atoms in total. The van der Waals surface area contributed by atoms with Crippen molar-refractivity contribution >= 4 is 11.8 Å². The lowest BCUT2D eigenvalue weighted by atomic mass is 10.2. The summed E-state index contributed by atoms with van der Waals surface area (Å²) in [6, 6.07) is 0. The van der Waals surface area contributed by atoms with E-state index in [9.17, 15) is 0 Å². The molecule has 1 aliphatic carbocycles. The Hall–Kier alpha value is -0.550. The molecule has 1 unspecified atom stereocenters. The zero-order chi connectivity index (χ0) is 12.8. The van der Waals surface area contributed by atoms with E-state index < -0.39 is 0 Å². The molecule has 1 heterocycles. The Bertz CT molecular complexity index is 350. The first-order chi connectivity index (χ1) is 8.79. The van der Waals surface area contributed by atoms with Crippen molar-refractivity contribution in [1.29, 1.82) is 0 Å². The highest BCUT2D eigenvalue weighted by molar-refractivity contribution is 7.99. The Kier molecular flexibility index (Phi) is 5.50. The molecule has 1 aromatic rings. The lowest BCUT2D eigenvalue weighted by Gasteiger charge is -2.06. The number of likely N-dealkylation sites (N-methyl/N-ethyl adjacent to an activating group) is 1. The first-order valence-electron chi connectivity index (χ1n) is 6.94. The van der Waals surface area contributed by atoms with Crippen LogP contribution < -0.4 is 5.32 Å². The van der Waals surface area contributed by atoms with E-state index in [-0.39, 0.29) is 0 Å². The average molecular weight is 269 g/mol. The molecule has 0 spiro atoms. The summed E-state index contributed by atoms with van der Waals surface area (Å²) in [4.78, 5) is 4.49. The van der Waals surface area contributed by atoms with Gasteiger partial charge in [-0.1, -0.05) is 31.8 Å². The number of hydrogen-bond donors (Lipinski definition) is 1. The molecule has 0 saturated heterocycles. The van der Waals surface area contributed by atoms with Crippen LogP contribution >= 0.6 is 11.8 Å². The van der Waals surface area contributed by atoms with Gasteiger partial charge >= 0.3 is 0 Å². The van der Waals surface area contributed by atoms with E-state index in [1.807, 2.05) is 11.8 Å². The van der Waals surface area contributed by atoms with Gasteiger partial charge in [0.1, 0.15) is 0 Å². The molecule has 0 amide bonds. The topological polar surface area (TPSA) is 51.0 Å². The third-order valence-electron chi connectivity index (χ3n) is 3.36. The predicted molar refractivity (Wildman–Crippen MR) is 74.8 cm³/mol. The van der Waals surface area contributed by atoms with E-state index >= 15 is 0 Å². The standard InChI is InChI=1S/C13H23N3OS/c1-3-14-8-10(2)13-15-12(16-17-13)9-18-11-6-4-5-7-11/h10-11,14H,3-9H2,1-2H3. The van der Waals surface area contributed by atoms with Gasteiger partial charge in [-0.15, -0.1) is 0 Å². The zero-order valence-corrected chi connectivity index (χ0v) is 12.1. The fourth-order valence-corrected chi connectivity index (χ4v) is 3.39. The van der Waals surface area contributed by atoms with Gasteiger partial charge < -0.3 is 9.84 Å². The minimum Gasteiger partial charge on any atom is -0.339 e. The first kappa shape index (κ1) is 13.9. The predicted octanol–water partition coefficient (Wildman–Crippen LogP) is 2.96. The molecule has 0 aliphatic heterocycles. The number of nitrogens with zero attached hydrogens (tertiary/aromatic N) is 2. The summed E-state index contributed by atoms with van der Waals surface area (Å²) in [6.07, 6.45) is 5.47. The average Bonchev–Trinajstić information content (AvgIpc) is 3.04. The summed E-state index contributed by atoms with van der Waals surface area (Å²) >= 11 is 1.98. The molecular formula is C13H23N3OS. The third kappa shape index (κ3) is 3.99. The van der Waals surface area contributed by atoms with Crippen molar-refractivity contribution in [3.63, 3.8) is 0 Å². The summed E-state index contributed by atoms with van der Waals surface area (Å²) in [6.45, 7) is 6.09. The van der Waals surface area contributed by atoms with E-state index in [0.717, 1.165) is 35.8 Å². The molecule has 0 radical (unpaired) electrons. The Balaban J connectivity index is 1.77. The van der Waals surface area contributed by atoms with Gasteiger partial charge in [-0.05, 0) is 19.4 Å². The van der Waals surface area contributed by atoms with Gasteiger partial charge in [-0.2, -0.15) is 16.7 Å². The van der Waals surface area contributed by atoms with Crippen molar-refractivity contribution in [3.8, 4) is 0 Å². The summed E-state index contributed by atoms with van der Waals surface area (Å²) in [5.41, 5.74) is 0. The van der Waals surface area contributed by atoms with Crippen LogP contribution in [0.3, 0.4) is 0 Å². The molecule has 0 bridgehead atoms. The second kappa shape index (κ2) is 7.14. The lowest BCUT2D eigenvalue weighted by molar-refractivity contribution is 0.352. The fraction of sp³-hybridized carbons (Fsp3) is 0.846. The minimum absolute atomic E-state index is 0.294. The van der Waals surface area contributed by atoms with Crippen molar-refractivity contribution in [3.05, 3.63) is 11.7 Å². The Morgan fingerprint density at radius 1 is 1.44 bits per heavy atom. The maximum absolute atomic E-state index is 5.32. The van der Waals surface area contributed by atoms with Crippen LogP contribution in [0.15, 0.2) is 4.52 Å². The van der Waals surface area contributed by atoms with E-state index in [2.05, 4.69) is 29.3 Å². The number of nitrogens with one attached hydrogen (secondary N) is 1. The Labute approximate surface area is 113 Å². The zero-order valence-electron chi connectivity index (χ0n) is 11.3. The summed E-state index contributed by atoms with van der Waals surface area (Å²) in [7, 11) is 0. The number of thioether (sulfide) groups is 1. The van der Waals surface area contributed by atoms with Crippen LogP contribution in [0.5, 0.6) is 0 Å². The third-order valence-corrected chi connectivity index (χ3v) is 4.72. The largest absolute Gasteiger partial charge is 0.339 e. The summed E-state index contributed by atoms with van der Waals surface area (Å²) in [5, 5.41) is 8.18. The molecule has 2 rings (SSSR count). The van der Waals surface area contributed by atoms with Crippen LogP contribution in [0.2, 0.25) is 0 Å². The SMILES string of the molecule is CCNCC(C)c1nc(CSC2CCCC2)no1. The van der Waals surface area contributed by atoms with Gasteiger partial charge in [-0.25, -0.2) is 0 Å². The normalized spacial score (nSPS) is 18.3. The maximum atomic E-state index is 5.32. The molecule has 1 N–H and O–H groups in total. The highest BCUT2D eigenvalue weighted by Crippen LogP contribution is 2.31. The highest BCUT2D eigenvalue weighted by Gasteiger charge is 2.18. The molecular weight excluding hydrogens is 246 g/mol. The van der Waals surface area contributed by atoms with Crippen LogP contribution in [-0.2, 0) is 5.75 Å². The molecule has 102 valence electrons. The van der Waals surface area contributed by atoms with Crippen molar-refractivity contribution in [2.75, 3.05) is 13.1 Å². The van der Waals surface area contributed by atoms with E-state index in [0.29, 0.717) is 5.92 Å². The van der Waals surface area contributed by atoms with Gasteiger partial charge in [-0.3, -0.25) is 0 Å². The van der Waals surface area contributed by atoms with Crippen molar-refractivity contribution in [1.82, 2.24) is 15.5 Å². The number of hydrogen-bond acceptors (Lipinski definition) is 5. The van der Waals surface area contributed by atoms with Crippen molar-refractivity contribution < 1.29 is 4.52 Å². The van der Waals surface area contributed by atoms with Gasteiger partial charge in [0.15, 0.2) is 5.82 Å².